The SMILES string of the molecule is COc1ccc([N+](=O)[O-])c(C=NNC(=N)NO)c1[N+](=O)[O-].Cc1ccc(S(=O)(=O)O)cc1. The smallest absolute Gasteiger partial charge is 0.326 e. The molecule has 2 aromatic rings. The number of hydroxylamine groups is 1. The molecule has 0 aromatic heterocycles. The second-order valence-corrected chi connectivity index (χ2v) is 7.13. The molecule has 0 saturated carbocycles. The summed E-state index contributed by atoms with van der Waals surface area (Å²) in [5, 5.41) is 40.7. The third-order valence-corrected chi connectivity index (χ3v) is 4.42. The monoisotopic (exact) mass is 470 g/mol. The van der Waals surface area contributed by atoms with Gasteiger partial charge in [0.15, 0.2) is 11.3 Å². The number of aryl methyl sites for hydroxylation is 1. The van der Waals surface area contributed by atoms with E-state index in [0.29, 0.717) is 0 Å². The van der Waals surface area contributed by atoms with Crippen LogP contribution in [0.4, 0.5) is 11.4 Å². The zero-order valence-corrected chi connectivity index (χ0v) is 17.4. The van der Waals surface area contributed by atoms with Crippen LogP contribution >= 0.6 is 0 Å². The minimum atomic E-state index is -4.02. The van der Waals surface area contributed by atoms with Crippen LogP contribution in [0.15, 0.2) is 46.4 Å². The first-order chi connectivity index (χ1) is 14.9. The number of rotatable bonds is 6. The van der Waals surface area contributed by atoms with Crippen LogP contribution in [0.1, 0.15) is 11.1 Å². The number of ether oxygens (including phenoxy) is 1. The number of hydrogen-bond acceptors (Lipinski definition) is 10. The van der Waals surface area contributed by atoms with E-state index in [0.717, 1.165) is 23.9 Å². The fourth-order valence-corrected chi connectivity index (χ4v) is 2.59. The van der Waals surface area contributed by atoms with Gasteiger partial charge in [0.25, 0.3) is 15.8 Å². The number of nitro groups is 2. The van der Waals surface area contributed by atoms with Crippen molar-refractivity contribution in [1.82, 2.24) is 10.9 Å². The molecule has 15 nitrogen and oxygen atoms in total. The summed E-state index contributed by atoms with van der Waals surface area (Å²) in [4.78, 5) is 20.2. The van der Waals surface area contributed by atoms with Gasteiger partial charge in [-0.1, -0.05) is 17.7 Å². The maximum absolute atomic E-state index is 11.1. The summed E-state index contributed by atoms with van der Waals surface area (Å²) in [6, 6.07) is 8.11. The maximum Gasteiger partial charge on any atom is 0.326 e. The maximum atomic E-state index is 11.1. The molecule has 172 valence electrons. The minimum Gasteiger partial charge on any atom is -0.490 e. The lowest BCUT2D eigenvalue weighted by Crippen LogP contribution is -2.30. The standard InChI is InChI=1S/C9H10N6O6.C7H8O3S/c1-21-7-3-2-6(14(17)18)5(8(7)15(19)20)4-11-12-9(10)13-16;1-6-2-4-7(5-3-6)11(8,9)10/h2-4,16H,1H3,(H3,10,12,13);2-5H,1H3,(H,8,9,10). The number of hydrazone groups is 1. The van der Waals surface area contributed by atoms with Gasteiger partial charge in [-0.15, -0.1) is 0 Å². The molecule has 0 amide bonds. The first kappa shape index (κ1) is 25.9. The zero-order valence-electron chi connectivity index (χ0n) is 16.5. The number of methoxy groups -OCH3 is 1. The normalized spacial score (nSPS) is 10.6. The molecule has 16 heteroatoms. The van der Waals surface area contributed by atoms with E-state index >= 15 is 0 Å². The van der Waals surface area contributed by atoms with Crippen molar-refractivity contribution in [3.8, 4) is 5.75 Å². The minimum absolute atomic E-state index is 0.0666. The third kappa shape index (κ3) is 7.27. The van der Waals surface area contributed by atoms with Crippen molar-refractivity contribution in [3.63, 3.8) is 0 Å². The van der Waals surface area contributed by atoms with E-state index in [1.165, 1.54) is 24.7 Å². The largest absolute Gasteiger partial charge is 0.490 e. The molecule has 0 aliphatic carbocycles. The number of benzene rings is 2. The summed E-state index contributed by atoms with van der Waals surface area (Å²) in [6.07, 6.45) is 0.782. The Kier molecular flexibility index (Phi) is 9.14. The third-order valence-electron chi connectivity index (χ3n) is 3.56. The highest BCUT2D eigenvalue weighted by molar-refractivity contribution is 7.85. The molecule has 0 spiro atoms. The number of hydrogen-bond donors (Lipinski definition) is 5. The van der Waals surface area contributed by atoms with Gasteiger partial charge >= 0.3 is 5.69 Å². The Morgan fingerprint density at radius 1 is 1.16 bits per heavy atom. The second-order valence-electron chi connectivity index (χ2n) is 5.71. The molecule has 0 bridgehead atoms. The first-order valence-corrected chi connectivity index (χ1v) is 9.68. The van der Waals surface area contributed by atoms with Gasteiger partial charge < -0.3 is 4.74 Å². The van der Waals surface area contributed by atoms with E-state index in [9.17, 15) is 28.6 Å². The van der Waals surface area contributed by atoms with E-state index in [-0.39, 0.29) is 10.6 Å². The first-order valence-electron chi connectivity index (χ1n) is 8.24. The van der Waals surface area contributed by atoms with Gasteiger partial charge in [-0.3, -0.25) is 35.4 Å². The van der Waals surface area contributed by atoms with E-state index in [2.05, 4.69) is 5.10 Å². The van der Waals surface area contributed by atoms with Crippen molar-refractivity contribution in [2.75, 3.05) is 7.11 Å². The number of nitro benzene ring substituents is 2. The quantitative estimate of drug-likeness (QED) is 0.134. The van der Waals surface area contributed by atoms with Crippen LogP contribution < -0.4 is 15.6 Å². The predicted molar refractivity (Wildman–Crippen MR) is 111 cm³/mol. The Morgan fingerprint density at radius 2 is 1.75 bits per heavy atom. The number of nitrogens with zero attached hydrogens (tertiary/aromatic N) is 3. The molecule has 0 aliphatic heterocycles. The van der Waals surface area contributed by atoms with Crippen LogP contribution in [0.25, 0.3) is 0 Å². The second kappa shape index (κ2) is 11.3. The highest BCUT2D eigenvalue weighted by atomic mass is 32.2. The number of guanidine groups is 1. The molecular weight excluding hydrogens is 452 g/mol. The lowest BCUT2D eigenvalue weighted by Gasteiger charge is -2.05. The summed E-state index contributed by atoms with van der Waals surface area (Å²) in [7, 11) is -2.84. The average Bonchev–Trinajstić information content (AvgIpc) is 2.72. The molecule has 0 radical (unpaired) electrons. The molecule has 0 fully saturated rings. The fraction of sp³-hybridized carbons (Fsp3) is 0.125. The average molecular weight is 470 g/mol. The summed E-state index contributed by atoms with van der Waals surface area (Å²) >= 11 is 0. The zero-order chi connectivity index (χ0) is 24.5. The van der Waals surface area contributed by atoms with Crippen LogP contribution in [0, 0.1) is 32.6 Å². The Labute approximate surface area is 180 Å². The summed E-state index contributed by atoms with van der Waals surface area (Å²) < 4.78 is 34.3. The Morgan fingerprint density at radius 3 is 2.19 bits per heavy atom. The van der Waals surface area contributed by atoms with Gasteiger partial charge in [0.1, 0.15) is 0 Å². The highest BCUT2D eigenvalue weighted by Gasteiger charge is 2.28. The molecule has 5 N–H and O–H groups in total. The molecule has 0 unspecified atom stereocenters. The lowest BCUT2D eigenvalue weighted by atomic mass is 10.1. The summed E-state index contributed by atoms with van der Waals surface area (Å²) in [5.74, 6) is -0.804. The summed E-state index contributed by atoms with van der Waals surface area (Å²) in [6.45, 7) is 1.84. The van der Waals surface area contributed by atoms with Gasteiger partial charge in [0.05, 0.1) is 28.1 Å². The molecular formula is C16H18N6O9S. The van der Waals surface area contributed by atoms with Crippen LogP contribution in [0.2, 0.25) is 0 Å². The van der Waals surface area contributed by atoms with E-state index in [1.807, 2.05) is 12.3 Å². The van der Waals surface area contributed by atoms with Crippen LogP contribution in [0.3, 0.4) is 0 Å². The Balaban J connectivity index is 0.000000389. The van der Waals surface area contributed by atoms with Gasteiger partial charge in [0, 0.05) is 6.07 Å². The van der Waals surface area contributed by atoms with Crippen LogP contribution in [-0.2, 0) is 10.1 Å². The van der Waals surface area contributed by atoms with Crippen LogP contribution in [-0.4, -0.2) is 47.3 Å². The molecule has 0 saturated heterocycles. The molecule has 0 aliphatic rings. The van der Waals surface area contributed by atoms with Crippen molar-refractivity contribution in [2.24, 2.45) is 5.10 Å². The predicted octanol–water partition coefficient (Wildman–Crippen LogP) is 1.59. The molecule has 32 heavy (non-hydrogen) atoms. The molecule has 2 aromatic carbocycles. The van der Waals surface area contributed by atoms with Crippen molar-refractivity contribution >= 4 is 33.7 Å². The van der Waals surface area contributed by atoms with Gasteiger partial charge in [-0.25, -0.2) is 10.9 Å². The van der Waals surface area contributed by atoms with Gasteiger partial charge in [-0.2, -0.15) is 13.5 Å². The Bertz CT molecular complexity index is 1130. The highest BCUT2D eigenvalue weighted by Crippen LogP contribution is 2.35. The topological polar surface area (TPSA) is 230 Å². The molecule has 0 atom stereocenters. The van der Waals surface area contributed by atoms with E-state index in [1.54, 1.807) is 12.1 Å². The van der Waals surface area contributed by atoms with Crippen molar-refractivity contribution in [1.29, 1.82) is 5.41 Å². The lowest BCUT2D eigenvalue weighted by molar-refractivity contribution is -0.394. The summed E-state index contributed by atoms with van der Waals surface area (Å²) in [5.41, 5.74) is 2.72. The van der Waals surface area contributed by atoms with Crippen molar-refractivity contribution < 1.29 is 32.8 Å². The van der Waals surface area contributed by atoms with Crippen molar-refractivity contribution in [3.05, 3.63) is 67.8 Å². The van der Waals surface area contributed by atoms with E-state index in [4.69, 9.17) is 19.9 Å². The number of nitrogens with one attached hydrogen (secondary N) is 3. The fourth-order valence-electron chi connectivity index (χ4n) is 2.11. The van der Waals surface area contributed by atoms with Gasteiger partial charge in [-0.05, 0) is 25.1 Å². The molecule has 0 heterocycles. The van der Waals surface area contributed by atoms with Gasteiger partial charge in [0.2, 0.25) is 5.96 Å². The Hall–Kier alpha value is -4.15. The van der Waals surface area contributed by atoms with E-state index < -0.39 is 42.9 Å². The van der Waals surface area contributed by atoms with Crippen LogP contribution in [0.5, 0.6) is 5.75 Å². The van der Waals surface area contributed by atoms with Crippen molar-refractivity contribution in [2.45, 2.75) is 11.8 Å². The molecule has 2 rings (SSSR count).